The molecule has 1 aliphatic carbocycles. The molecule has 6 rings (SSSR count). The number of methoxy groups -OCH3 is 1. The van der Waals surface area contributed by atoms with E-state index in [-0.39, 0.29) is 6.04 Å². The molecule has 1 N–H and O–H groups in total. The summed E-state index contributed by atoms with van der Waals surface area (Å²) in [7, 11) is 1.67. The first kappa shape index (κ1) is 25.4. The molecule has 192 valence electrons. The summed E-state index contributed by atoms with van der Waals surface area (Å²) in [5.74, 6) is 2.08. The highest BCUT2D eigenvalue weighted by Crippen LogP contribution is 2.52. The summed E-state index contributed by atoms with van der Waals surface area (Å²) in [6.07, 6.45) is 5.70. The molecule has 3 atom stereocenters. The maximum Gasteiger partial charge on any atom is 0.175 e. The van der Waals surface area contributed by atoms with Crippen molar-refractivity contribution in [3.63, 3.8) is 0 Å². The fourth-order valence-electron chi connectivity index (χ4n) is 5.58. The lowest BCUT2D eigenvalue weighted by Gasteiger charge is -2.38. The highest BCUT2D eigenvalue weighted by atomic mass is 79.9. The zero-order chi connectivity index (χ0) is 26.2. The Hall–Kier alpha value is -2.92. The molecule has 0 saturated carbocycles. The third kappa shape index (κ3) is 4.82. The van der Waals surface area contributed by atoms with Gasteiger partial charge < -0.3 is 14.8 Å². The number of hydrogen-bond donors (Lipinski definition) is 1. The molecule has 0 saturated heterocycles. The van der Waals surface area contributed by atoms with Crippen molar-refractivity contribution in [1.82, 2.24) is 0 Å². The number of allylic oxidation sites excluding steroid dienone is 2. The van der Waals surface area contributed by atoms with Crippen LogP contribution in [0.5, 0.6) is 11.5 Å². The molecule has 0 radical (unpaired) electrons. The van der Waals surface area contributed by atoms with Gasteiger partial charge in [0.25, 0.3) is 0 Å². The van der Waals surface area contributed by atoms with Gasteiger partial charge in [0.1, 0.15) is 6.61 Å². The Bertz CT molecular complexity index is 1520. The van der Waals surface area contributed by atoms with Crippen molar-refractivity contribution >= 4 is 44.8 Å². The summed E-state index contributed by atoms with van der Waals surface area (Å²) in [6.45, 7) is 0.303. The van der Waals surface area contributed by atoms with Gasteiger partial charge in [-0.3, -0.25) is 0 Å². The van der Waals surface area contributed by atoms with Crippen molar-refractivity contribution in [2.45, 2.75) is 25.0 Å². The summed E-state index contributed by atoms with van der Waals surface area (Å²) < 4.78 is 12.8. The van der Waals surface area contributed by atoms with Crippen LogP contribution in [0.2, 0.25) is 10.0 Å². The van der Waals surface area contributed by atoms with E-state index >= 15 is 0 Å². The van der Waals surface area contributed by atoms with Gasteiger partial charge in [-0.1, -0.05) is 77.8 Å². The third-order valence-corrected chi connectivity index (χ3v) is 8.64. The topological polar surface area (TPSA) is 30.5 Å². The molecule has 38 heavy (non-hydrogen) atoms. The first-order valence-corrected chi connectivity index (χ1v) is 14.1. The van der Waals surface area contributed by atoms with Gasteiger partial charge in [-0.2, -0.15) is 0 Å². The molecule has 2 aliphatic rings. The van der Waals surface area contributed by atoms with E-state index in [0.29, 0.717) is 40.0 Å². The Morgan fingerprint density at radius 1 is 0.947 bits per heavy atom. The lowest BCUT2D eigenvalue weighted by atomic mass is 9.76. The quantitative estimate of drug-likeness (QED) is 0.222. The van der Waals surface area contributed by atoms with E-state index in [0.717, 1.165) is 22.0 Å². The molecule has 1 heterocycles. The van der Waals surface area contributed by atoms with Crippen molar-refractivity contribution in [1.29, 1.82) is 0 Å². The molecule has 0 bridgehead atoms. The van der Waals surface area contributed by atoms with E-state index in [1.165, 1.54) is 22.4 Å². The minimum atomic E-state index is 0.134. The minimum absolute atomic E-state index is 0.134. The number of hydrogen-bond acceptors (Lipinski definition) is 3. The second-order valence-corrected chi connectivity index (χ2v) is 11.4. The highest BCUT2D eigenvalue weighted by molar-refractivity contribution is 9.10. The van der Waals surface area contributed by atoms with Gasteiger partial charge in [0, 0.05) is 27.2 Å². The molecule has 1 aliphatic heterocycles. The normalized spacial score (nSPS) is 19.4. The molecule has 0 spiro atoms. The molecule has 0 unspecified atom stereocenters. The van der Waals surface area contributed by atoms with E-state index < -0.39 is 0 Å². The van der Waals surface area contributed by atoms with Gasteiger partial charge in [0.15, 0.2) is 11.5 Å². The summed E-state index contributed by atoms with van der Waals surface area (Å²) in [4.78, 5) is 0. The molecule has 4 aromatic rings. The van der Waals surface area contributed by atoms with Crippen molar-refractivity contribution in [2.24, 2.45) is 5.92 Å². The maximum atomic E-state index is 6.35. The van der Waals surface area contributed by atoms with Gasteiger partial charge in [-0.15, -0.1) is 0 Å². The van der Waals surface area contributed by atoms with Crippen molar-refractivity contribution < 1.29 is 9.47 Å². The first-order chi connectivity index (χ1) is 18.5. The molecule has 3 nitrogen and oxygen atoms in total. The van der Waals surface area contributed by atoms with Crippen LogP contribution in [0.4, 0.5) is 5.69 Å². The van der Waals surface area contributed by atoms with Crippen LogP contribution >= 0.6 is 39.1 Å². The molecule has 6 heteroatoms. The van der Waals surface area contributed by atoms with Crippen LogP contribution in [-0.4, -0.2) is 7.11 Å². The zero-order valence-electron chi connectivity index (χ0n) is 20.8. The summed E-state index contributed by atoms with van der Waals surface area (Å²) in [5, 5.41) is 5.02. The number of nitrogens with one attached hydrogen (secondary N) is 1. The van der Waals surface area contributed by atoms with Gasteiger partial charge in [0.05, 0.1) is 17.6 Å². The number of ether oxygens (including phenoxy) is 2. The summed E-state index contributed by atoms with van der Waals surface area (Å²) in [5.41, 5.74) is 7.02. The second kappa shape index (κ2) is 10.7. The standard InChI is InChI=1S/C32H26BrCl2NO2/c1-37-30-16-22(15-27(33)32(30)38-18-21-10-12-23(34)17-28(21)35)31-25-9-5-8-24(25)26-14-20(11-13-29(26)36-31)19-6-3-2-4-7-19/h2-8,10-17,24-25,31,36H,9,18H2,1H3/t24-,25-,31+/m1/s1. The van der Waals surface area contributed by atoms with Crippen molar-refractivity contribution in [3.05, 3.63) is 122 Å². The average molecular weight is 607 g/mol. The van der Waals surface area contributed by atoms with Crippen molar-refractivity contribution in [3.8, 4) is 22.6 Å². The van der Waals surface area contributed by atoms with Gasteiger partial charge in [-0.05, 0) is 86.9 Å². The molecule has 0 fully saturated rings. The van der Waals surface area contributed by atoms with Crippen molar-refractivity contribution in [2.75, 3.05) is 12.4 Å². The minimum Gasteiger partial charge on any atom is -0.493 e. The number of rotatable bonds is 6. The molecule has 4 aromatic carbocycles. The van der Waals surface area contributed by atoms with E-state index in [1.54, 1.807) is 13.2 Å². The maximum absolute atomic E-state index is 6.35. The Balaban J connectivity index is 1.30. The lowest BCUT2D eigenvalue weighted by molar-refractivity contribution is 0.282. The first-order valence-electron chi connectivity index (χ1n) is 12.6. The van der Waals surface area contributed by atoms with E-state index in [4.69, 9.17) is 32.7 Å². The third-order valence-electron chi connectivity index (χ3n) is 7.47. The van der Waals surface area contributed by atoms with Crippen LogP contribution in [0.25, 0.3) is 11.1 Å². The number of benzene rings is 4. The van der Waals surface area contributed by atoms with Crippen LogP contribution in [-0.2, 0) is 6.61 Å². The molecule has 0 amide bonds. The van der Waals surface area contributed by atoms with Gasteiger partial charge >= 0.3 is 0 Å². The summed E-state index contributed by atoms with van der Waals surface area (Å²) >= 11 is 16.1. The Morgan fingerprint density at radius 2 is 1.79 bits per heavy atom. The van der Waals surface area contributed by atoms with E-state index in [1.807, 2.05) is 12.1 Å². The highest BCUT2D eigenvalue weighted by Gasteiger charge is 2.38. The Morgan fingerprint density at radius 3 is 2.58 bits per heavy atom. The number of anilines is 1. The van der Waals surface area contributed by atoms with Gasteiger partial charge in [-0.25, -0.2) is 0 Å². The van der Waals surface area contributed by atoms with E-state index in [2.05, 4.69) is 94.1 Å². The van der Waals surface area contributed by atoms with Crippen LogP contribution in [0.3, 0.4) is 0 Å². The smallest absolute Gasteiger partial charge is 0.175 e. The predicted octanol–water partition coefficient (Wildman–Crippen LogP) is 9.84. The Labute approximate surface area is 241 Å². The molecular weight excluding hydrogens is 581 g/mol. The SMILES string of the molecule is COc1cc([C@@H]2Nc3ccc(-c4ccccc4)cc3[C@@H]3C=CC[C@H]32)cc(Br)c1OCc1ccc(Cl)cc1Cl. The predicted molar refractivity (Wildman–Crippen MR) is 160 cm³/mol. The van der Waals surface area contributed by atoms with E-state index in [9.17, 15) is 0 Å². The molecular formula is C32H26BrCl2NO2. The summed E-state index contributed by atoms with van der Waals surface area (Å²) in [6, 6.07) is 27.1. The van der Waals surface area contributed by atoms with Crippen LogP contribution in [0, 0.1) is 5.92 Å². The number of fused-ring (bicyclic) bond motifs is 3. The van der Waals surface area contributed by atoms with Crippen LogP contribution < -0.4 is 14.8 Å². The fourth-order valence-corrected chi connectivity index (χ4v) is 6.62. The lowest BCUT2D eigenvalue weighted by Crippen LogP contribution is -2.29. The second-order valence-electron chi connectivity index (χ2n) is 9.70. The average Bonchev–Trinajstić information content (AvgIpc) is 3.43. The monoisotopic (exact) mass is 605 g/mol. The largest absolute Gasteiger partial charge is 0.493 e. The van der Waals surface area contributed by atoms with Crippen LogP contribution in [0.15, 0.2) is 95.5 Å². The fraction of sp³-hybridized carbons (Fsp3) is 0.188. The van der Waals surface area contributed by atoms with Crippen LogP contribution in [0.1, 0.15) is 35.1 Å². The van der Waals surface area contributed by atoms with Gasteiger partial charge in [0.2, 0.25) is 0 Å². The number of halogens is 3. The Kier molecular flexibility index (Phi) is 7.13. The zero-order valence-corrected chi connectivity index (χ0v) is 23.9. The molecule has 0 aromatic heterocycles.